The van der Waals surface area contributed by atoms with E-state index in [2.05, 4.69) is 10.3 Å². The van der Waals surface area contributed by atoms with Gasteiger partial charge in [-0.15, -0.1) is 22.9 Å². The van der Waals surface area contributed by atoms with Gasteiger partial charge < -0.3 is 10.1 Å². The Kier molecular flexibility index (Phi) is 6.17. The predicted molar refractivity (Wildman–Crippen MR) is 85.9 cm³/mol. The summed E-state index contributed by atoms with van der Waals surface area (Å²) in [4.78, 5) is 16.5. The number of benzene rings is 1. The highest BCUT2D eigenvalue weighted by Crippen LogP contribution is 2.25. The molecule has 21 heavy (non-hydrogen) atoms. The van der Waals surface area contributed by atoms with Crippen LogP contribution in [0.15, 0.2) is 29.6 Å². The zero-order valence-electron chi connectivity index (χ0n) is 11.8. The smallest absolute Gasteiger partial charge is 0.251 e. The van der Waals surface area contributed by atoms with Gasteiger partial charge in [0, 0.05) is 36.8 Å². The highest BCUT2D eigenvalue weighted by molar-refractivity contribution is 7.13. The first-order valence-electron chi connectivity index (χ1n) is 6.62. The van der Waals surface area contributed by atoms with E-state index in [0.29, 0.717) is 24.6 Å². The molecule has 0 aliphatic rings. The van der Waals surface area contributed by atoms with Gasteiger partial charge in [0.25, 0.3) is 5.91 Å². The third-order valence-electron chi connectivity index (χ3n) is 2.87. The highest BCUT2D eigenvalue weighted by atomic mass is 35.5. The number of carbonyl (C=O) groups excluding carboxylic acids is 1. The number of nitrogens with zero attached hydrogens (tertiary/aromatic N) is 1. The largest absolute Gasteiger partial charge is 0.385 e. The Morgan fingerprint density at radius 1 is 1.48 bits per heavy atom. The molecule has 4 nitrogen and oxygen atoms in total. The maximum Gasteiger partial charge on any atom is 0.251 e. The predicted octanol–water partition coefficient (Wildman–Crippen LogP) is 3.32. The number of aromatic nitrogens is 1. The van der Waals surface area contributed by atoms with E-state index in [1.165, 1.54) is 11.3 Å². The number of carbonyl (C=O) groups is 1. The molecule has 0 saturated heterocycles. The van der Waals surface area contributed by atoms with Gasteiger partial charge in [-0.1, -0.05) is 12.1 Å². The zero-order valence-corrected chi connectivity index (χ0v) is 13.3. The Morgan fingerprint density at radius 2 is 2.33 bits per heavy atom. The van der Waals surface area contributed by atoms with Crippen molar-refractivity contribution in [2.24, 2.45) is 0 Å². The van der Waals surface area contributed by atoms with Crippen molar-refractivity contribution >= 4 is 28.8 Å². The molecule has 1 amide bonds. The molecule has 0 aliphatic carbocycles. The van der Waals surface area contributed by atoms with Crippen molar-refractivity contribution < 1.29 is 9.53 Å². The van der Waals surface area contributed by atoms with Gasteiger partial charge in [-0.3, -0.25) is 4.79 Å². The Labute approximate surface area is 133 Å². The van der Waals surface area contributed by atoms with Crippen molar-refractivity contribution in [3.63, 3.8) is 0 Å². The third kappa shape index (κ3) is 4.52. The van der Waals surface area contributed by atoms with Gasteiger partial charge in [0.05, 0.1) is 11.6 Å². The Balaban J connectivity index is 2.05. The van der Waals surface area contributed by atoms with Crippen LogP contribution in [0, 0.1) is 0 Å². The maximum absolute atomic E-state index is 12.1. The molecule has 0 saturated carbocycles. The third-order valence-corrected chi connectivity index (χ3v) is 4.09. The summed E-state index contributed by atoms with van der Waals surface area (Å²) in [7, 11) is 1.65. The van der Waals surface area contributed by atoms with E-state index >= 15 is 0 Å². The highest BCUT2D eigenvalue weighted by Gasteiger charge is 2.09. The molecule has 1 aromatic heterocycles. The average molecular weight is 325 g/mol. The number of ether oxygens (including phenoxy) is 1. The minimum absolute atomic E-state index is 0.0814. The Bertz CT molecular complexity index is 601. The lowest BCUT2D eigenvalue weighted by Crippen LogP contribution is -2.25. The van der Waals surface area contributed by atoms with Gasteiger partial charge in [-0.05, 0) is 18.6 Å². The quantitative estimate of drug-likeness (QED) is 0.628. The van der Waals surface area contributed by atoms with Crippen LogP contribution in [0.5, 0.6) is 0 Å². The van der Waals surface area contributed by atoms with Crippen molar-refractivity contribution in [1.82, 2.24) is 10.3 Å². The number of rotatable bonds is 7. The SMILES string of the molecule is COCCCNC(=O)c1cccc(-c2nc(CCl)cs2)c1. The van der Waals surface area contributed by atoms with Crippen LogP contribution in [0.4, 0.5) is 0 Å². The molecule has 1 aromatic carbocycles. The molecule has 0 spiro atoms. The molecule has 2 aromatic rings. The molecular formula is C15H17ClN2O2S. The van der Waals surface area contributed by atoms with Crippen LogP contribution >= 0.6 is 22.9 Å². The fourth-order valence-electron chi connectivity index (χ4n) is 1.81. The van der Waals surface area contributed by atoms with Crippen LogP contribution < -0.4 is 5.32 Å². The summed E-state index contributed by atoms with van der Waals surface area (Å²) >= 11 is 7.29. The van der Waals surface area contributed by atoms with Gasteiger partial charge in [-0.2, -0.15) is 0 Å². The first-order chi connectivity index (χ1) is 10.2. The maximum atomic E-state index is 12.1. The standard InChI is InChI=1S/C15H17ClN2O2S/c1-20-7-3-6-17-14(19)11-4-2-5-12(8-11)15-18-13(9-16)10-21-15/h2,4-5,8,10H,3,6-7,9H2,1H3,(H,17,19). The lowest BCUT2D eigenvalue weighted by molar-refractivity contribution is 0.0948. The molecule has 1 N–H and O–H groups in total. The molecule has 0 radical (unpaired) electrons. The molecule has 1 heterocycles. The van der Waals surface area contributed by atoms with Crippen LogP contribution in [-0.4, -0.2) is 31.2 Å². The van der Waals surface area contributed by atoms with Crippen molar-refractivity contribution in [2.45, 2.75) is 12.3 Å². The number of nitrogens with one attached hydrogen (secondary N) is 1. The van der Waals surface area contributed by atoms with Gasteiger partial charge in [-0.25, -0.2) is 4.98 Å². The van der Waals surface area contributed by atoms with Crippen LogP contribution in [0.25, 0.3) is 10.6 Å². The Morgan fingerprint density at radius 3 is 3.05 bits per heavy atom. The van der Waals surface area contributed by atoms with Crippen LogP contribution in [0.3, 0.4) is 0 Å². The summed E-state index contributed by atoms with van der Waals surface area (Å²) < 4.78 is 4.95. The average Bonchev–Trinajstić information content (AvgIpc) is 3.00. The normalized spacial score (nSPS) is 10.6. The lowest BCUT2D eigenvalue weighted by atomic mass is 10.1. The number of halogens is 1. The second kappa shape index (κ2) is 8.12. The van der Waals surface area contributed by atoms with E-state index in [1.807, 2.05) is 23.6 Å². The minimum Gasteiger partial charge on any atom is -0.385 e. The van der Waals surface area contributed by atoms with Gasteiger partial charge >= 0.3 is 0 Å². The molecule has 0 atom stereocenters. The molecule has 2 rings (SSSR count). The molecule has 6 heteroatoms. The monoisotopic (exact) mass is 324 g/mol. The molecule has 0 fully saturated rings. The molecule has 0 unspecified atom stereocenters. The van der Waals surface area contributed by atoms with Crippen molar-refractivity contribution in [3.05, 3.63) is 40.9 Å². The Hall–Kier alpha value is -1.43. The van der Waals surface area contributed by atoms with E-state index in [-0.39, 0.29) is 5.91 Å². The topological polar surface area (TPSA) is 51.2 Å². The summed E-state index contributed by atoms with van der Waals surface area (Å²) in [5.74, 6) is 0.318. The van der Waals surface area contributed by atoms with E-state index in [9.17, 15) is 4.79 Å². The number of hydrogen-bond acceptors (Lipinski definition) is 4. The molecule has 112 valence electrons. The number of hydrogen-bond donors (Lipinski definition) is 1. The molecule has 0 bridgehead atoms. The van der Waals surface area contributed by atoms with Gasteiger partial charge in [0.1, 0.15) is 5.01 Å². The van der Waals surface area contributed by atoms with Gasteiger partial charge in [0.15, 0.2) is 0 Å². The summed E-state index contributed by atoms with van der Waals surface area (Å²) in [5.41, 5.74) is 2.42. The van der Waals surface area contributed by atoms with Crippen molar-refractivity contribution in [2.75, 3.05) is 20.3 Å². The van der Waals surface area contributed by atoms with E-state index in [0.717, 1.165) is 22.7 Å². The molecule has 0 aliphatic heterocycles. The number of methoxy groups -OCH3 is 1. The summed E-state index contributed by atoms with van der Waals surface area (Å²) in [5, 5.41) is 5.68. The number of thiazole rings is 1. The summed E-state index contributed by atoms with van der Waals surface area (Å²) in [6.07, 6.45) is 0.799. The van der Waals surface area contributed by atoms with Gasteiger partial charge in [0.2, 0.25) is 0 Å². The second-order valence-electron chi connectivity index (χ2n) is 4.46. The van der Waals surface area contributed by atoms with Crippen molar-refractivity contribution in [3.8, 4) is 10.6 Å². The minimum atomic E-state index is -0.0814. The fraction of sp³-hybridized carbons (Fsp3) is 0.333. The second-order valence-corrected chi connectivity index (χ2v) is 5.59. The zero-order chi connectivity index (χ0) is 15.1. The summed E-state index contributed by atoms with van der Waals surface area (Å²) in [6, 6.07) is 7.45. The molecular weight excluding hydrogens is 308 g/mol. The van der Waals surface area contributed by atoms with Crippen LogP contribution in [-0.2, 0) is 10.6 Å². The van der Waals surface area contributed by atoms with E-state index in [4.69, 9.17) is 16.3 Å². The summed E-state index contributed by atoms with van der Waals surface area (Å²) in [6.45, 7) is 1.24. The van der Waals surface area contributed by atoms with Crippen LogP contribution in [0.2, 0.25) is 0 Å². The lowest BCUT2D eigenvalue weighted by Gasteiger charge is -2.06. The van der Waals surface area contributed by atoms with E-state index in [1.54, 1.807) is 13.2 Å². The first kappa shape index (κ1) is 15.9. The first-order valence-corrected chi connectivity index (χ1v) is 8.04. The van der Waals surface area contributed by atoms with E-state index < -0.39 is 0 Å². The number of amides is 1. The number of alkyl halides is 1. The van der Waals surface area contributed by atoms with Crippen molar-refractivity contribution in [1.29, 1.82) is 0 Å². The fourth-order valence-corrected chi connectivity index (χ4v) is 2.86. The van der Waals surface area contributed by atoms with Crippen LogP contribution in [0.1, 0.15) is 22.5 Å².